The number of hydrogen-bond acceptors (Lipinski definition) is 3. The second-order valence-electron chi connectivity index (χ2n) is 6.96. The van der Waals surface area contributed by atoms with Crippen LogP contribution in [0.3, 0.4) is 0 Å². The fourth-order valence-corrected chi connectivity index (χ4v) is 2.55. The monoisotopic (exact) mass is 305 g/mol. The third-order valence-corrected chi connectivity index (χ3v) is 3.72. The van der Waals surface area contributed by atoms with Crippen molar-refractivity contribution < 1.29 is 9.53 Å². The molecule has 1 amide bonds. The van der Waals surface area contributed by atoms with Gasteiger partial charge in [-0.05, 0) is 57.7 Å². The minimum Gasteiger partial charge on any atom is -0.444 e. The number of carbonyl (C=O) groups excluding carboxylic acids is 1. The van der Waals surface area contributed by atoms with Crippen molar-refractivity contribution in [2.75, 3.05) is 18.0 Å². The number of allylic oxidation sites excluding steroid dienone is 1. The first-order chi connectivity index (χ1) is 10.2. The largest absolute Gasteiger partial charge is 0.444 e. The number of hydrogen-bond donors (Lipinski definition) is 2. The van der Waals surface area contributed by atoms with E-state index in [-0.39, 0.29) is 12.1 Å². The maximum absolute atomic E-state index is 11.8. The number of carbonyl (C=O) groups is 1. The molecule has 22 heavy (non-hydrogen) atoms. The molecule has 0 bridgehead atoms. The van der Waals surface area contributed by atoms with E-state index in [1.54, 1.807) is 0 Å². The van der Waals surface area contributed by atoms with Gasteiger partial charge in [-0.1, -0.05) is 6.58 Å². The highest BCUT2D eigenvalue weighted by Crippen LogP contribution is 2.23. The van der Waals surface area contributed by atoms with Crippen LogP contribution in [0, 0.1) is 0 Å². The molecule has 2 rings (SSSR count). The van der Waals surface area contributed by atoms with Crippen LogP contribution in [0.4, 0.5) is 10.6 Å². The van der Waals surface area contributed by atoms with Gasteiger partial charge >= 0.3 is 6.09 Å². The van der Waals surface area contributed by atoms with Crippen molar-refractivity contribution in [1.29, 1.82) is 0 Å². The molecule has 0 spiro atoms. The van der Waals surface area contributed by atoms with Crippen LogP contribution in [0.25, 0.3) is 5.57 Å². The van der Waals surface area contributed by atoms with E-state index in [2.05, 4.69) is 27.8 Å². The van der Waals surface area contributed by atoms with Gasteiger partial charge in [-0.3, -0.25) is 0 Å². The van der Waals surface area contributed by atoms with Crippen LogP contribution in [-0.2, 0) is 4.74 Å². The van der Waals surface area contributed by atoms with Gasteiger partial charge in [0, 0.05) is 25.3 Å². The Labute approximate surface area is 132 Å². The minimum atomic E-state index is -0.450. The third-order valence-electron chi connectivity index (χ3n) is 3.72. The molecule has 2 heterocycles. The highest BCUT2D eigenvalue weighted by atomic mass is 16.6. The van der Waals surface area contributed by atoms with Crippen molar-refractivity contribution in [3.8, 4) is 0 Å². The first-order valence-corrected chi connectivity index (χ1v) is 7.83. The van der Waals surface area contributed by atoms with Crippen molar-refractivity contribution in [2.24, 2.45) is 0 Å². The van der Waals surface area contributed by atoms with Crippen molar-refractivity contribution in [1.82, 2.24) is 10.3 Å². The van der Waals surface area contributed by atoms with Crippen molar-refractivity contribution in [3.05, 3.63) is 24.4 Å². The zero-order valence-corrected chi connectivity index (χ0v) is 14.0. The fraction of sp³-hybridized carbons (Fsp3) is 0.588. The molecule has 0 radical (unpaired) electrons. The summed E-state index contributed by atoms with van der Waals surface area (Å²) >= 11 is 0. The highest BCUT2D eigenvalue weighted by molar-refractivity contribution is 5.68. The van der Waals surface area contributed by atoms with E-state index >= 15 is 0 Å². The zero-order valence-electron chi connectivity index (χ0n) is 14.0. The SMILES string of the molecule is C=C(C)c1c[nH]c(N2CCC(NC(=O)OC(C)(C)C)CC2)c1. The van der Waals surface area contributed by atoms with Gasteiger partial charge in [0.25, 0.3) is 0 Å². The predicted molar refractivity (Wildman–Crippen MR) is 90.1 cm³/mol. The van der Waals surface area contributed by atoms with Gasteiger partial charge in [0.1, 0.15) is 11.4 Å². The number of anilines is 1. The Hall–Kier alpha value is -1.91. The number of H-pyrrole nitrogens is 1. The Bertz CT molecular complexity index is 534. The fourth-order valence-electron chi connectivity index (χ4n) is 2.55. The van der Waals surface area contributed by atoms with Crippen LogP contribution in [0.1, 0.15) is 46.1 Å². The molecular formula is C17H27N3O2. The zero-order chi connectivity index (χ0) is 16.3. The Morgan fingerprint density at radius 3 is 2.55 bits per heavy atom. The van der Waals surface area contributed by atoms with Crippen LogP contribution in [-0.4, -0.2) is 35.8 Å². The molecule has 1 aliphatic rings. The van der Waals surface area contributed by atoms with Gasteiger partial charge in [-0.2, -0.15) is 0 Å². The summed E-state index contributed by atoms with van der Waals surface area (Å²) in [6.45, 7) is 13.4. The number of amides is 1. The topological polar surface area (TPSA) is 57.4 Å². The molecule has 1 saturated heterocycles. The summed E-state index contributed by atoms with van der Waals surface area (Å²) in [6.07, 6.45) is 3.50. The predicted octanol–water partition coefficient (Wildman–Crippen LogP) is 3.54. The number of nitrogens with one attached hydrogen (secondary N) is 2. The first kappa shape index (κ1) is 16.5. The molecule has 5 nitrogen and oxygen atoms in total. The lowest BCUT2D eigenvalue weighted by Crippen LogP contribution is -2.46. The van der Waals surface area contributed by atoms with E-state index in [4.69, 9.17) is 4.74 Å². The molecule has 0 unspecified atom stereocenters. The van der Waals surface area contributed by atoms with E-state index in [9.17, 15) is 4.79 Å². The average Bonchev–Trinajstić information content (AvgIpc) is 2.87. The first-order valence-electron chi connectivity index (χ1n) is 7.83. The number of aromatic nitrogens is 1. The molecule has 0 aliphatic carbocycles. The Morgan fingerprint density at radius 1 is 1.41 bits per heavy atom. The Balaban J connectivity index is 1.82. The lowest BCUT2D eigenvalue weighted by Gasteiger charge is -2.33. The smallest absolute Gasteiger partial charge is 0.407 e. The molecule has 2 N–H and O–H groups in total. The van der Waals surface area contributed by atoms with E-state index in [1.807, 2.05) is 33.9 Å². The maximum Gasteiger partial charge on any atom is 0.407 e. The lowest BCUT2D eigenvalue weighted by molar-refractivity contribution is 0.0497. The van der Waals surface area contributed by atoms with Gasteiger partial charge in [-0.25, -0.2) is 4.79 Å². The number of alkyl carbamates (subject to hydrolysis) is 1. The molecule has 0 aromatic carbocycles. The van der Waals surface area contributed by atoms with Crippen molar-refractivity contribution in [2.45, 2.75) is 52.2 Å². The summed E-state index contributed by atoms with van der Waals surface area (Å²) in [5, 5.41) is 2.96. The summed E-state index contributed by atoms with van der Waals surface area (Å²) in [7, 11) is 0. The van der Waals surface area contributed by atoms with E-state index in [1.165, 1.54) is 0 Å². The van der Waals surface area contributed by atoms with Gasteiger partial charge in [0.2, 0.25) is 0 Å². The van der Waals surface area contributed by atoms with Gasteiger partial charge in [0.15, 0.2) is 0 Å². The van der Waals surface area contributed by atoms with Crippen LogP contribution < -0.4 is 10.2 Å². The summed E-state index contributed by atoms with van der Waals surface area (Å²) in [5.74, 6) is 1.12. The number of aromatic amines is 1. The molecule has 0 atom stereocenters. The van der Waals surface area contributed by atoms with E-state index < -0.39 is 5.60 Å². The average molecular weight is 305 g/mol. The number of piperidine rings is 1. The lowest BCUT2D eigenvalue weighted by atomic mass is 10.1. The molecule has 1 fully saturated rings. The van der Waals surface area contributed by atoms with Gasteiger partial charge in [-0.15, -0.1) is 0 Å². The number of ether oxygens (including phenoxy) is 1. The van der Waals surface area contributed by atoms with Gasteiger partial charge in [0.05, 0.1) is 0 Å². The summed E-state index contributed by atoms with van der Waals surface area (Å²) in [4.78, 5) is 17.4. The van der Waals surface area contributed by atoms with Crippen LogP contribution in [0.2, 0.25) is 0 Å². The molecule has 122 valence electrons. The molecule has 1 aromatic heterocycles. The van der Waals surface area contributed by atoms with Crippen molar-refractivity contribution >= 4 is 17.5 Å². The maximum atomic E-state index is 11.8. The van der Waals surface area contributed by atoms with E-state index in [0.717, 1.165) is 42.9 Å². The van der Waals surface area contributed by atoms with Crippen LogP contribution in [0.5, 0.6) is 0 Å². The van der Waals surface area contributed by atoms with Gasteiger partial charge < -0.3 is 19.9 Å². The Kier molecular flexibility index (Phi) is 4.84. The van der Waals surface area contributed by atoms with Crippen molar-refractivity contribution in [3.63, 3.8) is 0 Å². The second-order valence-corrected chi connectivity index (χ2v) is 6.96. The quantitative estimate of drug-likeness (QED) is 0.898. The standard InChI is InChI=1S/C17H27N3O2/c1-12(2)13-10-15(18-11-13)20-8-6-14(7-9-20)19-16(21)22-17(3,4)5/h10-11,14,18H,1,6-9H2,2-5H3,(H,19,21). The molecule has 0 saturated carbocycles. The summed E-state index contributed by atoms with van der Waals surface area (Å²) < 4.78 is 5.30. The van der Waals surface area contributed by atoms with Crippen LogP contribution >= 0.6 is 0 Å². The highest BCUT2D eigenvalue weighted by Gasteiger charge is 2.24. The molecule has 5 heteroatoms. The summed E-state index contributed by atoms with van der Waals surface area (Å²) in [5.41, 5.74) is 1.75. The molecule has 1 aliphatic heterocycles. The molecule has 1 aromatic rings. The number of rotatable bonds is 3. The summed E-state index contributed by atoms with van der Waals surface area (Å²) in [6, 6.07) is 2.31. The third kappa shape index (κ3) is 4.55. The normalized spacial score (nSPS) is 16.5. The van der Waals surface area contributed by atoms with Crippen LogP contribution in [0.15, 0.2) is 18.8 Å². The minimum absolute atomic E-state index is 0.182. The Morgan fingerprint density at radius 2 is 2.05 bits per heavy atom. The molecular weight excluding hydrogens is 278 g/mol. The second kappa shape index (κ2) is 6.46. The number of nitrogens with zero attached hydrogens (tertiary/aromatic N) is 1. The van der Waals surface area contributed by atoms with E-state index in [0.29, 0.717) is 0 Å².